The number of primary amides is 1. The highest BCUT2D eigenvalue weighted by molar-refractivity contribution is 5.92. The number of carbonyl (C=O) groups excluding carboxylic acids is 1. The van der Waals surface area contributed by atoms with E-state index in [1.165, 1.54) is 0 Å². The molecule has 82 valence electrons. The van der Waals surface area contributed by atoms with Crippen LogP contribution >= 0.6 is 0 Å². The molecule has 1 amide bonds. The second-order valence-electron chi connectivity index (χ2n) is 3.68. The summed E-state index contributed by atoms with van der Waals surface area (Å²) in [4.78, 5) is 11.0. The lowest BCUT2D eigenvalue weighted by Crippen LogP contribution is -2.24. The Hall–Kier alpha value is -1.35. The van der Waals surface area contributed by atoms with Gasteiger partial charge in [0.2, 0.25) is 5.91 Å². The SMILES string of the molecule is CCC(O)(CC)c1cccc(C(N)=O)c1. The summed E-state index contributed by atoms with van der Waals surface area (Å²) in [6.07, 6.45) is 1.23. The maximum Gasteiger partial charge on any atom is 0.248 e. The van der Waals surface area contributed by atoms with Gasteiger partial charge in [0.25, 0.3) is 0 Å². The van der Waals surface area contributed by atoms with Crippen LogP contribution in [0.4, 0.5) is 0 Å². The van der Waals surface area contributed by atoms with Gasteiger partial charge < -0.3 is 10.8 Å². The van der Waals surface area contributed by atoms with Crippen LogP contribution in [0, 0.1) is 0 Å². The minimum Gasteiger partial charge on any atom is -0.385 e. The summed E-state index contributed by atoms with van der Waals surface area (Å²) in [6, 6.07) is 6.87. The van der Waals surface area contributed by atoms with Gasteiger partial charge in [0.1, 0.15) is 0 Å². The molecular formula is C12H17NO2. The zero-order valence-corrected chi connectivity index (χ0v) is 9.16. The van der Waals surface area contributed by atoms with Crippen LogP contribution in [-0.2, 0) is 5.60 Å². The Morgan fingerprint density at radius 1 is 1.40 bits per heavy atom. The van der Waals surface area contributed by atoms with Gasteiger partial charge >= 0.3 is 0 Å². The largest absolute Gasteiger partial charge is 0.385 e. The van der Waals surface area contributed by atoms with Gasteiger partial charge in [0, 0.05) is 5.56 Å². The van der Waals surface area contributed by atoms with Gasteiger partial charge in [0.05, 0.1) is 5.60 Å². The Kier molecular flexibility index (Phi) is 3.48. The number of amides is 1. The normalized spacial score (nSPS) is 11.4. The van der Waals surface area contributed by atoms with E-state index in [9.17, 15) is 9.90 Å². The van der Waals surface area contributed by atoms with Gasteiger partial charge in [-0.3, -0.25) is 4.79 Å². The molecule has 0 bridgehead atoms. The molecular weight excluding hydrogens is 190 g/mol. The third-order valence-electron chi connectivity index (χ3n) is 2.85. The molecule has 0 fully saturated rings. The summed E-state index contributed by atoms with van der Waals surface area (Å²) in [7, 11) is 0. The van der Waals surface area contributed by atoms with Crippen molar-refractivity contribution in [2.75, 3.05) is 0 Å². The van der Waals surface area contributed by atoms with Crippen LogP contribution in [0.1, 0.15) is 42.6 Å². The standard InChI is InChI=1S/C12H17NO2/c1-3-12(15,4-2)10-7-5-6-9(8-10)11(13)14/h5-8,15H,3-4H2,1-2H3,(H2,13,14). The summed E-state index contributed by atoms with van der Waals surface area (Å²) in [6.45, 7) is 3.83. The summed E-state index contributed by atoms with van der Waals surface area (Å²) in [5, 5.41) is 10.3. The van der Waals surface area contributed by atoms with Crippen LogP contribution in [0.15, 0.2) is 24.3 Å². The lowest BCUT2D eigenvalue weighted by molar-refractivity contribution is 0.0283. The zero-order chi connectivity index (χ0) is 11.5. The summed E-state index contributed by atoms with van der Waals surface area (Å²) < 4.78 is 0. The first kappa shape index (κ1) is 11.7. The van der Waals surface area contributed by atoms with E-state index >= 15 is 0 Å². The van der Waals surface area contributed by atoms with Crippen LogP contribution in [0.2, 0.25) is 0 Å². The van der Waals surface area contributed by atoms with Gasteiger partial charge in [-0.2, -0.15) is 0 Å². The van der Waals surface area contributed by atoms with Crippen molar-refractivity contribution in [3.63, 3.8) is 0 Å². The molecule has 0 heterocycles. The number of nitrogens with two attached hydrogens (primary N) is 1. The average molecular weight is 207 g/mol. The van der Waals surface area contributed by atoms with Gasteiger partial charge in [-0.15, -0.1) is 0 Å². The number of rotatable bonds is 4. The van der Waals surface area contributed by atoms with E-state index in [4.69, 9.17) is 5.73 Å². The van der Waals surface area contributed by atoms with E-state index in [1.807, 2.05) is 19.9 Å². The molecule has 0 radical (unpaired) electrons. The first-order valence-electron chi connectivity index (χ1n) is 5.16. The highest BCUT2D eigenvalue weighted by atomic mass is 16.3. The highest BCUT2D eigenvalue weighted by Gasteiger charge is 2.25. The van der Waals surface area contributed by atoms with E-state index < -0.39 is 11.5 Å². The van der Waals surface area contributed by atoms with E-state index in [0.29, 0.717) is 18.4 Å². The number of aliphatic hydroxyl groups is 1. The summed E-state index contributed by atoms with van der Waals surface area (Å²) >= 11 is 0. The lowest BCUT2D eigenvalue weighted by Gasteiger charge is -2.26. The Morgan fingerprint density at radius 3 is 2.47 bits per heavy atom. The fourth-order valence-electron chi connectivity index (χ4n) is 1.62. The van der Waals surface area contributed by atoms with Crippen molar-refractivity contribution in [1.82, 2.24) is 0 Å². The monoisotopic (exact) mass is 207 g/mol. The predicted molar refractivity (Wildman–Crippen MR) is 59.4 cm³/mol. The van der Waals surface area contributed by atoms with Crippen molar-refractivity contribution in [3.8, 4) is 0 Å². The van der Waals surface area contributed by atoms with Crippen LogP contribution < -0.4 is 5.73 Å². The topological polar surface area (TPSA) is 63.3 Å². The minimum atomic E-state index is -0.856. The third-order valence-corrected chi connectivity index (χ3v) is 2.85. The van der Waals surface area contributed by atoms with Gasteiger partial charge in [-0.05, 0) is 30.5 Å². The van der Waals surface area contributed by atoms with Crippen molar-refractivity contribution >= 4 is 5.91 Å². The van der Waals surface area contributed by atoms with Crippen molar-refractivity contribution < 1.29 is 9.90 Å². The molecule has 0 unspecified atom stereocenters. The molecule has 3 N–H and O–H groups in total. The van der Waals surface area contributed by atoms with Gasteiger partial charge in [0.15, 0.2) is 0 Å². The zero-order valence-electron chi connectivity index (χ0n) is 9.16. The molecule has 1 aromatic rings. The number of hydrogen-bond donors (Lipinski definition) is 2. The first-order chi connectivity index (χ1) is 7.03. The molecule has 0 saturated heterocycles. The Balaban J connectivity index is 3.14. The second-order valence-corrected chi connectivity index (χ2v) is 3.68. The smallest absolute Gasteiger partial charge is 0.248 e. The molecule has 0 aliphatic heterocycles. The quantitative estimate of drug-likeness (QED) is 0.790. The second kappa shape index (κ2) is 4.45. The van der Waals surface area contributed by atoms with Crippen molar-refractivity contribution in [3.05, 3.63) is 35.4 Å². The number of carbonyl (C=O) groups is 1. The van der Waals surface area contributed by atoms with Crippen LogP contribution in [0.25, 0.3) is 0 Å². The number of hydrogen-bond acceptors (Lipinski definition) is 2. The predicted octanol–water partition coefficient (Wildman–Crippen LogP) is 1.79. The maximum atomic E-state index is 11.0. The molecule has 3 nitrogen and oxygen atoms in total. The minimum absolute atomic E-state index is 0.438. The molecule has 1 rings (SSSR count). The van der Waals surface area contributed by atoms with Crippen molar-refractivity contribution in [2.24, 2.45) is 5.73 Å². The van der Waals surface area contributed by atoms with Gasteiger partial charge in [-0.1, -0.05) is 26.0 Å². The van der Waals surface area contributed by atoms with E-state index in [-0.39, 0.29) is 0 Å². The lowest BCUT2D eigenvalue weighted by atomic mass is 9.88. The molecule has 0 aromatic heterocycles. The molecule has 1 aromatic carbocycles. The molecule has 0 saturated carbocycles. The van der Waals surface area contributed by atoms with Crippen LogP contribution in [0.3, 0.4) is 0 Å². The molecule has 0 spiro atoms. The van der Waals surface area contributed by atoms with Crippen LogP contribution in [-0.4, -0.2) is 11.0 Å². The fourth-order valence-corrected chi connectivity index (χ4v) is 1.62. The Morgan fingerprint density at radius 2 is 2.00 bits per heavy atom. The van der Waals surface area contributed by atoms with E-state index in [2.05, 4.69) is 0 Å². The van der Waals surface area contributed by atoms with Crippen LogP contribution in [0.5, 0.6) is 0 Å². The number of benzene rings is 1. The van der Waals surface area contributed by atoms with E-state index in [0.717, 1.165) is 5.56 Å². The van der Waals surface area contributed by atoms with Crippen molar-refractivity contribution in [2.45, 2.75) is 32.3 Å². The summed E-state index contributed by atoms with van der Waals surface area (Å²) in [5.41, 5.74) is 5.52. The Bertz CT molecular complexity index is 356. The highest BCUT2D eigenvalue weighted by Crippen LogP contribution is 2.28. The Labute approximate surface area is 89.9 Å². The molecule has 0 atom stereocenters. The summed E-state index contributed by atoms with van der Waals surface area (Å²) in [5.74, 6) is -0.466. The van der Waals surface area contributed by atoms with Crippen molar-refractivity contribution in [1.29, 1.82) is 0 Å². The fraction of sp³-hybridized carbons (Fsp3) is 0.417. The van der Waals surface area contributed by atoms with Gasteiger partial charge in [-0.25, -0.2) is 0 Å². The molecule has 0 aliphatic carbocycles. The first-order valence-corrected chi connectivity index (χ1v) is 5.16. The molecule has 3 heteroatoms. The maximum absolute atomic E-state index is 11.0. The third kappa shape index (κ3) is 2.36. The molecule has 0 aliphatic rings. The van der Waals surface area contributed by atoms with E-state index in [1.54, 1.807) is 18.2 Å². The molecule has 15 heavy (non-hydrogen) atoms. The average Bonchev–Trinajstić information content (AvgIpc) is 2.28.